The maximum Gasteiger partial charge on any atom is 0.110 e. The first-order chi connectivity index (χ1) is 8.90. The standard InChI is InChI=1S/C14H18N4/c15-7-6-13-17-14(11-4-3-8-16-10-11)12-5-1-2-9-18(12)13/h3-4,8,10H,1-2,5-7,9,15H2. The van der Waals surface area contributed by atoms with Crippen LogP contribution in [0.5, 0.6) is 0 Å². The number of fused-ring (bicyclic) bond motifs is 1. The lowest BCUT2D eigenvalue weighted by Gasteiger charge is -2.17. The number of hydrogen-bond donors (Lipinski definition) is 1. The molecule has 0 amide bonds. The molecule has 3 rings (SSSR count). The molecule has 94 valence electrons. The summed E-state index contributed by atoms with van der Waals surface area (Å²) in [6, 6.07) is 4.05. The van der Waals surface area contributed by atoms with Crippen molar-refractivity contribution < 1.29 is 0 Å². The quantitative estimate of drug-likeness (QED) is 0.892. The van der Waals surface area contributed by atoms with Crippen LogP contribution in [0.25, 0.3) is 11.3 Å². The van der Waals surface area contributed by atoms with E-state index in [1.807, 2.05) is 12.3 Å². The number of imidazole rings is 1. The molecule has 0 saturated heterocycles. The first-order valence-corrected chi connectivity index (χ1v) is 6.59. The Kier molecular flexibility index (Phi) is 3.11. The summed E-state index contributed by atoms with van der Waals surface area (Å²) < 4.78 is 2.36. The summed E-state index contributed by atoms with van der Waals surface area (Å²) in [7, 11) is 0. The minimum Gasteiger partial charge on any atom is -0.331 e. The van der Waals surface area contributed by atoms with Gasteiger partial charge in [0.15, 0.2) is 0 Å². The third-order valence-electron chi connectivity index (χ3n) is 3.50. The topological polar surface area (TPSA) is 56.7 Å². The van der Waals surface area contributed by atoms with Crippen LogP contribution in [0.4, 0.5) is 0 Å². The lowest BCUT2D eigenvalue weighted by atomic mass is 10.1. The van der Waals surface area contributed by atoms with E-state index in [0.717, 1.165) is 36.5 Å². The Morgan fingerprint density at radius 2 is 2.28 bits per heavy atom. The maximum absolute atomic E-state index is 5.68. The number of aromatic nitrogens is 3. The Balaban J connectivity index is 2.09. The second-order valence-corrected chi connectivity index (χ2v) is 4.71. The minimum absolute atomic E-state index is 0.656. The van der Waals surface area contributed by atoms with Crippen LogP contribution in [0.2, 0.25) is 0 Å². The zero-order chi connectivity index (χ0) is 12.4. The van der Waals surface area contributed by atoms with Gasteiger partial charge in [0.25, 0.3) is 0 Å². The number of rotatable bonds is 3. The van der Waals surface area contributed by atoms with Crippen LogP contribution < -0.4 is 5.73 Å². The predicted molar refractivity (Wildman–Crippen MR) is 71.2 cm³/mol. The fourth-order valence-electron chi connectivity index (χ4n) is 2.67. The van der Waals surface area contributed by atoms with Crippen molar-refractivity contribution in [2.45, 2.75) is 32.2 Å². The van der Waals surface area contributed by atoms with Crippen LogP contribution in [0.1, 0.15) is 24.4 Å². The van der Waals surface area contributed by atoms with Crippen LogP contribution >= 0.6 is 0 Å². The molecule has 1 aliphatic rings. The van der Waals surface area contributed by atoms with Crippen LogP contribution in [0.3, 0.4) is 0 Å². The van der Waals surface area contributed by atoms with E-state index in [9.17, 15) is 0 Å². The second kappa shape index (κ2) is 4.90. The van der Waals surface area contributed by atoms with Gasteiger partial charge >= 0.3 is 0 Å². The average molecular weight is 242 g/mol. The zero-order valence-electron chi connectivity index (χ0n) is 10.5. The van der Waals surface area contributed by atoms with E-state index in [1.165, 1.54) is 18.5 Å². The summed E-state index contributed by atoms with van der Waals surface area (Å²) in [5.74, 6) is 1.13. The van der Waals surface area contributed by atoms with Gasteiger partial charge in [-0.2, -0.15) is 0 Å². The molecule has 0 spiro atoms. The summed E-state index contributed by atoms with van der Waals surface area (Å²) in [4.78, 5) is 8.99. The molecule has 0 aromatic carbocycles. The SMILES string of the molecule is NCCc1nc(-c2cccnc2)c2n1CCCC2. The Hall–Kier alpha value is -1.68. The van der Waals surface area contributed by atoms with Gasteiger partial charge in [-0.1, -0.05) is 0 Å². The highest BCUT2D eigenvalue weighted by molar-refractivity contribution is 5.61. The van der Waals surface area contributed by atoms with Gasteiger partial charge in [-0.3, -0.25) is 4.98 Å². The molecule has 0 aliphatic carbocycles. The van der Waals surface area contributed by atoms with Gasteiger partial charge < -0.3 is 10.3 Å². The highest BCUT2D eigenvalue weighted by Crippen LogP contribution is 2.28. The van der Waals surface area contributed by atoms with E-state index in [-0.39, 0.29) is 0 Å². The third-order valence-corrected chi connectivity index (χ3v) is 3.50. The molecule has 4 heteroatoms. The Morgan fingerprint density at radius 1 is 1.33 bits per heavy atom. The van der Waals surface area contributed by atoms with Gasteiger partial charge in [0.2, 0.25) is 0 Å². The molecule has 0 atom stereocenters. The van der Waals surface area contributed by atoms with Crippen LogP contribution in [0, 0.1) is 0 Å². The van der Waals surface area contributed by atoms with Crippen molar-refractivity contribution in [2.75, 3.05) is 6.54 Å². The minimum atomic E-state index is 0.656. The van der Waals surface area contributed by atoms with Crippen molar-refractivity contribution in [3.63, 3.8) is 0 Å². The highest BCUT2D eigenvalue weighted by Gasteiger charge is 2.20. The Bertz CT molecular complexity index is 530. The summed E-state index contributed by atoms with van der Waals surface area (Å²) >= 11 is 0. The van der Waals surface area contributed by atoms with Crippen LogP contribution in [-0.4, -0.2) is 21.1 Å². The van der Waals surface area contributed by atoms with Gasteiger partial charge in [-0.05, 0) is 37.9 Å². The van der Waals surface area contributed by atoms with Crippen molar-refractivity contribution in [3.8, 4) is 11.3 Å². The molecule has 0 unspecified atom stereocenters. The molecule has 0 radical (unpaired) electrons. The molecule has 4 nitrogen and oxygen atoms in total. The van der Waals surface area contributed by atoms with Crippen LogP contribution in [-0.2, 0) is 19.4 Å². The van der Waals surface area contributed by atoms with E-state index in [4.69, 9.17) is 10.7 Å². The van der Waals surface area contributed by atoms with E-state index < -0.39 is 0 Å². The molecular formula is C14H18N4. The summed E-state index contributed by atoms with van der Waals surface area (Å²) in [6.45, 7) is 1.74. The van der Waals surface area contributed by atoms with E-state index in [0.29, 0.717) is 6.54 Å². The largest absolute Gasteiger partial charge is 0.331 e. The van der Waals surface area contributed by atoms with Crippen molar-refractivity contribution in [2.24, 2.45) is 5.73 Å². The van der Waals surface area contributed by atoms with Gasteiger partial charge in [-0.25, -0.2) is 4.98 Å². The molecule has 2 aromatic rings. The molecular weight excluding hydrogens is 224 g/mol. The predicted octanol–water partition coefficient (Wildman–Crippen LogP) is 1.78. The first kappa shape index (κ1) is 11.4. The molecule has 18 heavy (non-hydrogen) atoms. The smallest absolute Gasteiger partial charge is 0.110 e. The highest BCUT2D eigenvalue weighted by atomic mass is 15.1. The van der Waals surface area contributed by atoms with Gasteiger partial charge in [0, 0.05) is 36.6 Å². The zero-order valence-corrected chi connectivity index (χ0v) is 10.5. The Labute approximate surface area is 107 Å². The van der Waals surface area contributed by atoms with Gasteiger partial charge in [0.1, 0.15) is 5.82 Å². The first-order valence-electron chi connectivity index (χ1n) is 6.59. The second-order valence-electron chi connectivity index (χ2n) is 4.71. The summed E-state index contributed by atoms with van der Waals surface area (Å²) in [6.07, 6.45) is 8.15. The Morgan fingerprint density at radius 3 is 3.06 bits per heavy atom. The molecule has 0 fully saturated rings. The summed E-state index contributed by atoms with van der Waals surface area (Å²) in [5, 5.41) is 0. The lowest BCUT2D eigenvalue weighted by Crippen LogP contribution is -2.15. The third kappa shape index (κ3) is 1.93. The lowest BCUT2D eigenvalue weighted by molar-refractivity contribution is 0.515. The molecule has 2 N–H and O–H groups in total. The van der Waals surface area contributed by atoms with Crippen molar-refractivity contribution in [3.05, 3.63) is 36.0 Å². The van der Waals surface area contributed by atoms with Crippen molar-refractivity contribution in [1.82, 2.24) is 14.5 Å². The normalized spacial score (nSPS) is 14.5. The van der Waals surface area contributed by atoms with Gasteiger partial charge in [0.05, 0.1) is 5.69 Å². The van der Waals surface area contributed by atoms with E-state index in [2.05, 4.69) is 15.6 Å². The number of nitrogens with zero attached hydrogens (tertiary/aromatic N) is 3. The average Bonchev–Trinajstić information content (AvgIpc) is 2.80. The molecule has 0 bridgehead atoms. The molecule has 1 aliphatic heterocycles. The van der Waals surface area contributed by atoms with Crippen molar-refractivity contribution in [1.29, 1.82) is 0 Å². The fourth-order valence-corrected chi connectivity index (χ4v) is 2.67. The van der Waals surface area contributed by atoms with Gasteiger partial charge in [-0.15, -0.1) is 0 Å². The maximum atomic E-state index is 5.68. The molecule has 3 heterocycles. The van der Waals surface area contributed by atoms with E-state index >= 15 is 0 Å². The van der Waals surface area contributed by atoms with E-state index in [1.54, 1.807) is 6.20 Å². The van der Waals surface area contributed by atoms with Crippen LogP contribution in [0.15, 0.2) is 24.5 Å². The number of hydrogen-bond acceptors (Lipinski definition) is 3. The fraction of sp³-hybridized carbons (Fsp3) is 0.429. The molecule has 0 saturated carbocycles. The van der Waals surface area contributed by atoms with Crippen molar-refractivity contribution >= 4 is 0 Å². The number of nitrogens with two attached hydrogens (primary N) is 1. The monoisotopic (exact) mass is 242 g/mol. The number of pyridine rings is 1. The molecule has 2 aromatic heterocycles. The summed E-state index contributed by atoms with van der Waals surface area (Å²) in [5.41, 5.74) is 9.25.